The molecule has 9 nitrogen and oxygen atoms in total. The first-order chi connectivity index (χ1) is 11.7. The van der Waals surface area contributed by atoms with Crippen LogP contribution in [0.2, 0.25) is 5.28 Å². The first kappa shape index (κ1) is 20.9. The molecular formula is C14H24ClN3O6. The fourth-order valence-electron chi connectivity index (χ4n) is 1.51. The molecule has 0 fully saturated rings. The molecule has 0 aliphatic heterocycles. The second-order valence-electron chi connectivity index (χ2n) is 4.46. The Morgan fingerprint density at radius 2 is 1.25 bits per heavy atom. The standard InChI is InChI=1S/C14H24ClN3O6/c1-12-16-13(15)18-14(17-12)24-11-10-23-9-8-22-7-6-21-5-4-20-3-2-19/h19H,2-11H2,1H3. The molecule has 0 aliphatic carbocycles. The largest absolute Gasteiger partial charge is 0.461 e. The molecule has 0 atom stereocenters. The minimum atomic E-state index is 0.0249. The van der Waals surface area contributed by atoms with Gasteiger partial charge in [-0.3, -0.25) is 0 Å². The van der Waals surface area contributed by atoms with Gasteiger partial charge in [-0.25, -0.2) is 4.98 Å². The number of halogens is 1. The van der Waals surface area contributed by atoms with Crippen LogP contribution in [0.4, 0.5) is 0 Å². The molecule has 10 heteroatoms. The summed E-state index contributed by atoms with van der Waals surface area (Å²) in [5.74, 6) is 0.501. The monoisotopic (exact) mass is 365 g/mol. The minimum Gasteiger partial charge on any atom is -0.461 e. The number of hydrogen-bond acceptors (Lipinski definition) is 9. The fourth-order valence-corrected chi connectivity index (χ4v) is 1.70. The predicted octanol–water partition coefficient (Wildman–Crippen LogP) is 0.271. The number of aliphatic hydroxyl groups is 1. The number of aliphatic hydroxyl groups excluding tert-OH is 1. The highest BCUT2D eigenvalue weighted by Gasteiger charge is 2.02. The lowest BCUT2D eigenvalue weighted by molar-refractivity contribution is -0.00802. The SMILES string of the molecule is Cc1nc(Cl)nc(OCCOCCOCCOCCOCCO)n1. The van der Waals surface area contributed by atoms with Gasteiger partial charge in [-0.1, -0.05) is 0 Å². The summed E-state index contributed by atoms with van der Waals surface area (Å²) in [6.45, 7) is 5.64. The van der Waals surface area contributed by atoms with Crippen LogP contribution in [-0.4, -0.2) is 86.1 Å². The minimum absolute atomic E-state index is 0.0249. The molecule has 138 valence electrons. The Balaban J connectivity index is 1.84. The van der Waals surface area contributed by atoms with Gasteiger partial charge in [-0.15, -0.1) is 0 Å². The summed E-state index contributed by atoms with van der Waals surface area (Å²) < 4.78 is 26.3. The van der Waals surface area contributed by atoms with Crippen molar-refractivity contribution in [1.82, 2.24) is 15.0 Å². The van der Waals surface area contributed by atoms with E-state index in [4.69, 9.17) is 40.4 Å². The van der Waals surface area contributed by atoms with E-state index in [2.05, 4.69) is 15.0 Å². The van der Waals surface area contributed by atoms with Crippen molar-refractivity contribution in [1.29, 1.82) is 0 Å². The Hall–Kier alpha value is -1.10. The molecule has 0 saturated heterocycles. The smallest absolute Gasteiger partial charge is 0.321 e. The Labute approximate surface area is 146 Å². The summed E-state index contributed by atoms with van der Waals surface area (Å²) in [7, 11) is 0. The van der Waals surface area contributed by atoms with Gasteiger partial charge in [0.05, 0.1) is 59.5 Å². The van der Waals surface area contributed by atoms with E-state index in [0.29, 0.717) is 65.3 Å². The van der Waals surface area contributed by atoms with E-state index in [9.17, 15) is 0 Å². The second kappa shape index (κ2) is 14.3. The van der Waals surface area contributed by atoms with Gasteiger partial charge >= 0.3 is 6.01 Å². The lowest BCUT2D eigenvalue weighted by atomic mass is 10.7. The lowest BCUT2D eigenvalue weighted by Crippen LogP contribution is -2.14. The molecule has 0 bridgehead atoms. The molecule has 24 heavy (non-hydrogen) atoms. The van der Waals surface area contributed by atoms with Crippen molar-refractivity contribution in [2.24, 2.45) is 0 Å². The van der Waals surface area contributed by atoms with Gasteiger partial charge in [0.1, 0.15) is 12.4 Å². The Morgan fingerprint density at radius 1 is 0.750 bits per heavy atom. The number of aromatic nitrogens is 3. The van der Waals surface area contributed by atoms with Crippen LogP contribution in [0.3, 0.4) is 0 Å². The molecule has 1 aromatic rings. The van der Waals surface area contributed by atoms with E-state index in [1.807, 2.05) is 0 Å². The van der Waals surface area contributed by atoms with Gasteiger partial charge in [0.15, 0.2) is 0 Å². The van der Waals surface area contributed by atoms with Crippen LogP contribution in [-0.2, 0) is 18.9 Å². The number of hydrogen-bond donors (Lipinski definition) is 1. The zero-order valence-corrected chi connectivity index (χ0v) is 14.5. The van der Waals surface area contributed by atoms with Crippen molar-refractivity contribution >= 4 is 11.6 Å². The van der Waals surface area contributed by atoms with E-state index in [0.717, 1.165) is 0 Å². The third kappa shape index (κ3) is 11.4. The molecule has 0 amide bonds. The van der Waals surface area contributed by atoms with Crippen molar-refractivity contribution in [3.8, 4) is 6.01 Å². The molecule has 1 aromatic heterocycles. The Kier molecular flexibility index (Phi) is 12.4. The van der Waals surface area contributed by atoms with Gasteiger partial charge in [-0.05, 0) is 18.5 Å². The van der Waals surface area contributed by atoms with E-state index in [-0.39, 0.29) is 17.9 Å². The molecule has 0 saturated carbocycles. The van der Waals surface area contributed by atoms with Crippen molar-refractivity contribution in [3.05, 3.63) is 11.1 Å². The maximum atomic E-state index is 8.50. The Morgan fingerprint density at radius 3 is 1.75 bits per heavy atom. The van der Waals surface area contributed by atoms with Crippen LogP contribution in [0.25, 0.3) is 0 Å². The van der Waals surface area contributed by atoms with Gasteiger partial charge in [-0.2, -0.15) is 9.97 Å². The van der Waals surface area contributed by atoms with Crippen LogP contribution in [0, 0.1) is 6.92 Å². The first-order valence-corrected chi connectivity index (χ1v) is 8.03. The molecule has 0 spiro atoms. The van der Waals surface area contributed by atoms with Crippen LogP contribution in [0.5, 0.6) is 6.01 Å². The van der Waals surface area contributed by atoms with Crippen LogP contribution in [0.15, 0.2) is 0 Å². The molecule has 0 aromatic carbocycles. The number of aryl methyl sites for hydroxylation is 1. The summed E-state index contributed by atoms with van der Waals surface area (Å²) >= 11 is 5.70. The van der Waals surface area contributed by atoms with Crippen LogP contribution >= 0.6 is 11.6 Å². The zero-order valence-electron chi connectivity index (χ0n) is 13.8. The first-order valence-electron chi connectivity index (χ1n) is 7.65. The third-order valence-corrected chi connectivity index (χ3v) is 2.68. The van der Waals surface area contributed by atoms with E-state index >= 15 is 0 Å². The number of nitrogens with zero attached hydrogens (tertiary/aromatic N) is 3. The van der Waals surface area contributed by atoms with Gasteiger partial charge in [0.25, 0.3) is 0 Å². The highest BCUT2D eigenvalue weighted by Crippen LogP contribution is 2.06. The summed E-state index contributed by atoms with van der Waals surface area (Å²) in [6, 6.07) is 0.187. The quantitative estimate of drug-likeness (QED) is 0.438. The average molecular weight is 366 g/mol. The molecule has 1 N–H and O–H groups in total. The zero-order chi connectivity index (χ0) is 17.5. The van der Waals surface area contributed by atoms with Crippen molar-refractivity contribution in [2.45, 2.75) is 6.92 Å². The van der Waals surface area contributed by atoms with Crippen molar-refractivity contribution in [3.63, 3.8) is 0 Å². The molecule has 1 heterocycles. The van der Waals surface area contributed by atoms with E-state index < -0.39 is 0 Å². The molecule has 0 radical (unpaired) electrons. The molecular weight excluding hydrogens is 342 g/mol. The lowest BCUT2D eigenvalue weighted by Gasteiger charge is -2.08. The molecule has 0 unspecified atom stereocenters. The van der Waals surface area contributed by atoms with Crippen molar-refractivity contribution < 1.29 is 28.8 Å². The maximum Gasteiger partial charge on any atom is 0.321 e. The van der Waals surface area contributed by atoms with Crippen LogP contribution < -0.4 is 4.74 Å². The Bertz CT molecular complexity index is 421. The molecule has 1 rings (SSSR count). The summed E-state index contributed by atoms with van der Waals surface area (Å²) in [6.07, 6.45) is 0. The van der Waals surface area contributed by atoms with E-state index in [1.165, 1.54) is 0 Å². The van der Waals surface area contributed by atoms with Crippen molar-refractivity contribution in [2.75, 3.05) is 66.1 Å². The van der Waals surface area contributed by atoms with E-state index in [1.54, 1.807) is 6.92 Å². The van der Waals surface area contributed by atoms with Crippen LogP contribution in [0.1, 0.15) is 5.82 Å². The summed E-state index contributed by atoms with van der Waals surface area (Å²) in [5.41, 5.74) is 0. The normalized spacial score (nSPS) is 11.0. The topological polar surface area (TPSA) is 105 Å². The van der Waals surface area contributed by atoms with Gasteiger partial charge in [0, 0.05) is 0 Å². The number of rotatable bonds is 15. The third-order valence-electron chi connectivity index (χ3n) is 2.51. The highest BCUT2D eigenvalue weighted by molar-refractivity contribution is 6.28. The predicted molar refractivity (Wildman–Crippen MR) is 85.4 cm³/mol. The average Bonchev–Trinajstić information content (AvgIpc) is 2.54. The fraction of sp³-hybridized carbons (Fsp3) is 0.786. The second-order valence-corrected chi connectivity index (χ2v) is 4.79. The summed E-state index contributed by atoms with van der Waals surface area (Å²) in [5, 5.41) is 8.61. The van der Waals surface area contributed by atoms with Gasteiger partial charge in [0.2, 0.25) is 5.28 Å². The van der Waals surface area contributed by atoms with Gasteiger partial charge < -0.3 is 28.8 Å². The maximum absolute atomic E-state index is 8.50. The number of ether oxygens (including phenoxy) is 5. The molecule has 0 aliphatic rings. The summed E-state index contributed by atoms with van der Waals surface area (Å²) in [4.78, 5) is 11.7. The highest BCUT2D eigenvalue weighted by atomic mass is 35.5.